The van der Waals surface area contributed by atoms with Gasteiger partial charge < -0.3 is 14.8 Å². The van der Waals surface area contributed by atoms with Gasteiger partial charge in [-0.05, 0) is 26.0 Å². The zero-order valence-electron chi connectivity index (χ0n) is 11.4. The highest BCUT2D eigenvalue weighted by atomic mass is 19.4. The van der Waals surface area contributed by atoms with Gasteiger partial charge in [-0.25, -0.2) is 4.79 Å². The van der Waals surface area contributed by atoms with Crippen molar-refractivity contribution in [3.63, 3.8) is 0 Å². The van der Waals surface area contributed by atoms with Crippen LogP contribution in [-0.4, -0.2) is 28.8 Å². The van der Waals surface area contributed by atoms with Crippen molar-refractivity contribution < 1.29 is 27.8 Å². The van der Waals surface area contributed by atoms with Crippen LogP contribution in [0.2, 0.25) is 0 Å². The van der Waals surface area contributed by atoms with Crippen LogP contribution in [0.5, 0.6) is 0 Å². The lowest BCUT2D eigenvalue weighted by Crippen LogP contribution is -2.50. The molecule has 0 amide bonds. The molecule has 0 aliphatic carbocycles. The molecule has 4 nitrogen and oxygen atoms in total. The molecule has 0 aliphatic heterocycles. The number of aromatic amines is 1. The Bertz CT molecular complexity index is 678. The van der Waals surface area contributed by atoms with Crippen LogP contribution in [0.1, 0.15) is 18.1 Å². The smallest absolute Gasteiger partial charge is 0.432 e. The SMILES string of the molecule is CCOC(=O)[C@@](O)(c1c[nH]c2ccc(C)cc12)C(F)(F)F. The van der Waals surface area contributed by atoms with Crippen LogP contribution >= 0.6 is 0 Å². The van der Waals surface area contributed by atoms with Gasteiger partial charge in [0.05, 0.1) is 6.61 Å². The number of hydrogen-bond acceptors (Lipinski definition) is 3. The Morgan fingerprint density at radius 1 is 1.38 bits per heavy atom. The van der Waals surface area contributed by atoms with Crippen LogP contribution in [-0.2, 0) is 15.1 Å². The number of aliphatic hydroxyl groups is 1. The number of halogens is 3. The summed E-state index contributed by atoms with van der Waals surface area (Å²) in [6.07, 6.45) is -4.22. The first-order valence-electron chi connectivity index (χ1n) is 6.26. The van der Waals surface area contributed by atoms with E-state index in [1.54, 1.807) is 19.1 Å². The number of rotatable bonds is 3. The van der Waals surface area contributed by atoms with Crippen molar-refractivity contribution in [2.24, 2.45) is 0 Å². The standard InChI is InChI=1S/C14H14F3NO3/c1-3-21-12(19)13(20,14(15,16)17)10-7-18-11-5-4-8(2)6-9(10)11/h4-7,18,20H,3H2,1-2H3/t13-/m0/s1. The number of H-pyrrole nitrogens is 1. The maximum Gasteiger partial charge on any atom is 0.432 e. The fraction of sp³-hybridized carbons (Fsp3) is 0.357. The van der Waals surface area contributed by atoms with E-state index in [1.807, 2.05) is 0 Å². The molecule has 0 radical (unpaired) electrons. The predicted molar refractivity (Wildman–Crippen MR) is 69.6 cm³/mol. The van der Waals surface area contributed by atoms with Crippen molar-refractivity contribution >= 4 is 16.9 Å². The molecule has 0 saturated heterocycles. The van der Waals surface area contributed by atoms with Crippen LogP contribution in [0, 0.1) is 6.92 Å². The van der Waals surface area contributed by atoms with Gasteiger partial charge in [0.25, 0.3) is 5.60 Å². The van der Waals surface area contributed by atoms with E-state index in [1.165, 1.54) is 13.0 Å². The summed E-state index contributed by atoms with van der Waals surface area (Å²) in [6.45, 7) is 2.81. The van der Waals surface area contributed by atoms with Crippen molar-refractivity contribution in [3.8, 4) is 0 Å². The summed E-state index contributed by atoms with van der Waals surface area (Å²) in [7, 11) is 0. The normalized spacial score (nSPS) is 15.0. The zero-order valence-corrected chi connectivity index (χ0v) is 11.4. The van der Waals surface area contributed by atoms with Crippen molar-refractivity contribution in [1.82, 2.24) is 4.98 Å². The fourth-order valence-corrected chi connectivity index (χ4v) is 2.15. The molecule has 1 aromatic carbocycles. The first-order valence-corrected chi connectivity index (χ1v) is 6.26. The lowest BCUT2D eigenvalue weighted by Gasteiger charge is -2.27. The lowest BCUT2D eigenvalue weighted by atomic mass is 9.92. The minimum Gasteiger partial charge on any atom is -0.463 e. The van der Waals surface area contributed by atoms with Crippen molar-refractivity contribution in [2.45, 2.75) is 25.6 Å². The van der Waals surface area contributed by atoms with Gasteiger partial charge in [0.15, 0.2) is 0 Å². The topological polar surface area (TPSA) is 62.3 Å². The summed E-state index contributed by atoms with van der Waals surface area (Å²) in [4.78, 5) is 14.4. The first kappa shape index (κ1) is 15.4. The number of hydrogen-bond donors (Lipinski definition) is 2. The van der Waals surface area contributed by atoms with Crippen LogP contribution < -0.4 is 0 Å². The number of nitrogens with one attached hydrogen (secondary N) is 1. The Hall–Kier alpha value is -2.02. The monoisotopic (exact) mass is 301 g/mol. The van der Waals surface area contributed by atoms with E-state index in [0.717, 1.165) is 6.20 Å². The number of aromatic nitrogens is 1. The van der Waals surface area contributed by atoms with Crippen LogP contribution in [0.4, 0.5) is 13.2 Å². The van der Waals surface area contributed by atoms with Crippen LogP contribution in [0.25, 0.3) is 10.9 Å². The number of alkyl halides is 3. The molecule has 1 aromatic heterocycles. The molecular weight excluding hydrogens is 287 g/mol. The van der Waals surface area contributed by atoms with E-state index >= 15 is 0 Å². The Labute approximate surface area is 118 Å². The molecule has 21 heavy (non-hydrogen) atoms. The third-order valence-corrected chi connectivity index (χ3v) is 3.21. The highest BCUT2D eigenvalue weighted by molar-refractivity contribution is 5.92. The van der Waals surface area contributed by atoms with E-state index in [-0.39, 0.29) is 12.0 Å². The predicted octanol–water partition coefficient (Wildman–Crippen LogP) is 2.79. The van der Waals surface area contributed by atoms with E-state index in [9.17, 15) is 23.1 Å². The lowest BCUT2D eigenvalue weighted by molar-refractivity contribution is -0.267. The number of aryl methyl sites for hydroxylation is 1. The average molecular weight is 301 g/mol. The largest absolute Gasteiger partial charge is 0.463 e. The second kappa shape index (κ2) is 5.07. The van der Waals surface area contributed by atoms with Gasteiger partial charge in [-0.2, -0.15) is 13.2 Å². The average Bonchev–Trinajstić information content (AvgIpc) is 2.79. The van der Waals surface area contributed by atoms with Gasteiger partial charge in [-0.15, -0.1) is 0 Å². The van der Waals surface area contributed by atoms with Crippen molar-refractivity contribution in [1.29, 1.82) is 0 Å². The maximum atomic E-state index is 13.3. The third-order valence-electron chi connectivity index (χ3n) is 3.21. The molecule has 0 spiro atoms. The number of carbonyl (C=O) groups excluding carboxylic acids is 1. The molecular formula is C14H14F3NO3. The summed E-state index contributed by atoms with van der Waals surface area (Å²) in [6, 6.07) is 4.76. The molecule has 0 aliphatic rings. The summed E-state index contributed by atoms with van der Waals surface area (Å²) in [5, 5.41) is 10.2. The van der Waals surface area contributed by atoms with E-state index < -0.39 is 23.3 Å². The highest BCUT2D eigenvalue weighted by Gasteiger charge is 2.63. The highest BCUT2D eigenvalue weighted by Crippen LogP contribution is 2.42. The maximum absolute atomic E-state index is 13.3. The Balaban J connectivity index is 2.70. The van der Waals surface area contributed by atoms with Gasteiger partial charge in [0, 0.05) is 22.7 Å². The molecule has 0 fully saturated rings. The van der Waals surface area contributed by atoms with Gasteiger partial charge in [0.1, 0.15) is 0 Å². The number of ether oxygens (including phenoxy) is 1. The molecule has 1 heterocycles. The number of fused-ring (bicyclic) bond motifs is 1. The summed E-state index contributed by atoms with van der Waals surface area (Å²) in [5.41, 5.74) is -3.17. The third kappa shape index (κ3) is 2.37. The molecule has 0 saturated carbocycles. The number of carbonyl (C=O) groups is 1. The Morgan fingerprint density at radius 3 is 2.62 bits per heavy atom. The van der Waals surface area contributed by atoms with Gasteiger partial charge in [0.2, 0.25) is 0 Å². The molecule has 0 unspecified atom stereocenters. The molecule has 0 bridgehead atoms. The van der Waals surface area contributed by atoms with Gasteiger partial charge in [-0.1, -0.05) is 11.6 Å². The van der Waals surface area contributed by atoms with Crippen LogP contribution in [0.15, 0.2) is 24.4 Å². The second-order valence-corrected chi connectivity index (χ2v) is 4.68. The fourth-order valence-electron chi connectivity index (χ4n) is 2.15. The second-order valence-electron chi connectivity index (χ2n) is 4.68. The molecule has 2 rings (SSSR count). The number of esters is 1. The van der Waals surface area contributed by atoms with E-state index in [0.29, 0.717) is 11.1 Å². The van der Waals surface area contributed by atoms with Gasteiger partial charge >= 0.3 is 12.1 Å². The quantitative estimate of drug-likeness (QED) is 0.857. The van der Waals surface area contributed by atoms with E-state index in [2.05, 4.69) is 9.72 Å². The summed E-state index contributed by atoms with van der Waals surface area (Å²) in [5.74, 6) is -1.74. The Morgan fingerprint density at radius 2 is 2.05 bits per heavy atom. The Kier molecular flexibility index (Phi) is 3.71. The van der Waals surface area contributed by atoms with Crippen molar-refractivity contribution in [2.75, 3.05) is 6.61 Å². The van der Waals surface area contributed by atoms with Gasteiger partial charge in [-0.3, -0.25) is 0 Å². The number of benzene rings is 1. The summed E-state index contributed by atoms with van der Waals surface area (Å²) >= 11 is 0. The van der Waals surface area contributed by atoms with Crippen LogP contribution in [0.3, 0.4) is 0 Å². The zero-order chi connectivity index (χ0) is 15.8. The molecule has 2 N–H and O–H groups in total. The summed E-state index contributed by atoms with van der Waals surface area (Å²) < 4.78 is 44.3. The molecule has 2 aromatic rings. The minimum absolute atomic E-state index is 0.128. The minimum atomic E-state index is -5.20. The van der Waals surface area contributed by atoms with E-state index in [4.69, 9.17) is 0 Å². The molecule has 7 heteroatoms. The van der Waals surface area contributed by atoms with Crippen molar-refractivity contribution in [3.05, 3.63) is 35.5 Å². The molecule has 1 atom stereocenters. The molecule has 114 valence electrons. The first-order chi connectivity index (χ1) is 9.71.